The third-order valence-corrected chi connectivity index (χ3v) is 5.73. The highest BCUT2D eigenvalue weighted by Crippen LogP contribution is 2.47. The second-order valence-corrected chi connectivity index (χ2v) is 8.80. The first-order valence-corrected chi connectivity index (χ1v) is 11.1. The Labute approximate surface area is 200 Å². The van der Waals surface area contributed by atoms with E-state index >= 15 is 0 Å². The number of hydrogen-bond acceptors (Lipinski definition) is 5. The zero-order chi connectivity index (χ0) is 24.6. The van der Waals surface area contributed by atoms with E-state index in [9.17, 15) is 15.3 Å². The number of benzene rings is 4. The van der Waals surface area contributed by atoms with Crippen molar-refractivity contribution < 1.29 is 20.1 Å². The summed E-state index contributed by atoms with van der Waals surface area (Å²) < 4.78 is 5.87. The number of hydrogen-bond donors (Lipinski definition) is 3. The van der Waals surface area contributed by atoms with Gasteiger partial charge in [-0.25, -0.2) is 0 Å². The molecule has 174 valence electrons. The zero-order valence-electron chi connectivity index (χ0n) is 20.0. The van der Waals surface area contributed by atoms with E-state index in [0.717, 1.165) is 33.5 Å². The van der Waals surface area contributed by atoms with Gasteiger partial charge in [-0.15, -0.1) is 0 Å². The summed E-state index contributed by atoms with van der Waals surface area (Å²) in [6.07, 6.45) is 0. The molecule has 0 atom stereocenters. The molecule has 4 rings (SSSR count). The highest BCUT2D eigenvalue weighted by molar-refractivity contribution is 5.86. The standard InChI is InChI=1S/C29H29NO4/c1-17-6-11-27(24(31)14-17)34-23-9-7-22(8-10-23)30(28-20(4)12-18(2)15-25(28)32)29-21(5)13-19(3)16-26(29)33/h6-16,31-33H,1-5H3. The van der Waals surface area contributed by atoms with Crippen LogP contribution in [0.15, 0.2) is 66.7 Å². The molecule has 3 N–H and O–H groups in total. The lowest BCUT2D eigenvalue weighted by atomic mass is 10.0. The van der Waals surface area contributed by atoms with Crippen molar-refractivity contribution in [2.45, 2.75) is 34.6 Å². The fraction of sp³-hybridized carbons (Fsp3) is 0.172. The third-order valence-electron chi connectivity index (χ3n) is 5.73. The average Bonchev–Trinajstić information content (AvgIpc) is 2.74. The maximum atomic E-state index is 10.9. The zero-order valence-corrected chi connectivity index (χ0v) is 20.0. The van der Waals surface area contributed by atoms with Crippen LogP contribution in [-0.2, 0) is 0 Å². The molecule has 4 aromatic rings. The van der Waals surface area contributed by atoms with Crippen molar-refractivity contribution in [1.82, 2.24) is 0 Å². The van der Waals surface area contributed by atoms with Gasteiger partial charge in [-0.05, 0) is 111 Å². The van der Waals surface area contributed by atoms with Crippen molar-refractivity contribution in [2.24, 2.45) is 0 Å². The Hall–Kier alpha value is -4.12. The van der Waals surface area contributed by atoms with E-state index in [4.69, 9.17) is 4.74 Å². The van der Waals surface area contributed by atoms with Gasteiger partial charge in [0, 0.05) is 5.69 Å². The first-order chi connectivity index (χ1) is 16.1. The molecule has 34 heavy (non-hydrogen) atoms. The Morgan fingerprint density at radius 3 is 1.53 bits per heavy atom. The summed E-state index contributed by atoms with van der Waals surface area (Å²) in [6.45, 7) is 9.64. The SMILES string of the molecule is Cc1ccc(Oc2ccc(N(c3c(C)cc(C)cc3O)c3c(C)cc(C)cc3O)cc2)c(O)c1. The van der Waals surface area contributed by atoms with Crippen molar-refractivity contribution >= 4 is 17.1 Å². The van der Waals surface area contributed by atoms with Crippen LogP contribution in [-0.4, -0.2) is 15.3 Å². The number of nitrogens with zero attached hydrogens (tertiary/aromatic N) is 1. The first kappa shape index (κ1) is 23.1. The van der Waals surface area contributed by atoms with E-state index in [0.29, 0.717) is 22.9 Å². The first-order valence-electron chi connectivity index (χ1n) is 11.1. The summed E-state index contributed by atoms with van der Waals surface area (Å²) in [6, 6.07) is 20.0. The quantitative estimate of drug-likeness (QED) is 0.289. The molecule has 4 aromatic carbocycles. The number of aromatic hydroxyl groups is 3. The van der Waals surface area contributed by atoms with Crippen LogP contribution in [0.25, 0.3) is 0 Å². The average molecular weight is 456 g/mol. The van der Waals surface area contributed by atoms with Gasteiger partial charge in [0.05, 0.1) is 11.4 Å². The molecule has 5 nitrogen and oxygen atoms in total. The maximum Gasteiger partial charge on any atom is 0.169 e. The molecule has 0 aliphatic rings. The topological polar surface area (TPSA) is 73.2 Å². The summed E-state index contributed by atoms with van der Waals surface area (Å²) in [5.74, 6) is 1.25. The van der Waals surface area contributed by atoms with Gasteiger partial charge in [-0.2, -0.15) is 0 Å². The fourth-order valence-electron chi connectivity index (χ4n) is 4.33. The molecule has 0 aromatic heterocycles. The van der Waals surface area contributed by atoms with Crippen molar-refractivity contribution in [3.63, 3.8) is 0 Å². The van der Waals surface area contributed by atoms with Crippen LogP contribution in [0, 0.1) is 34.6 Å². The van der Waals surface area contributed by atoms with Crippen LogP contribution in [0.5, 0.6) is 28.7 Å². The molecule has 0 heterocycles. The Balaban J connectivity index is 1.82. The van der Waals surface area contributed by atoms with E-state index < -0.39 is 0 Å². The molecule has 0 aliphatic carbocycles. The van der Waals surface area contributed by atoms with Gasteiger partial charge >= 0.3 is 0 Å². The van der Waals surface area contributed by atoms with E-state index in [-0.39, 0.29) is 17.2 Å². The molecule has 0 amide bonds. The monoisotopic (exact) mass is 455 g/mol. The third kappa shape index (κ3) is 4.50. The summed E-state index contributed by atoms with van der Waals surface area (Å²) >= 11 is 0. The highest BCUT2D eigenvalue weighted by atomic mass is 16.5. The lowest BCUT2D eigenvalue weighted by Crippen LogP contribution is -2.13. The molecule has 0 aliphatic heterocycles. The predicted octanol–water partition coefficient (Wildman–Crippen LogP) is 7.61. The minimum atomic E-state index is 0.0751. The Bertz CT molecular complexity index is 1260. The van der Waals surface area contributed by atoms with Gasteiger partial charge in [0.1, 0.15) is 17.2 Å². The van der Waals surface area contributed by atoms with E-state index in [2.05, 4.69) is 0 Å². The summed E-state index contributed by atoms with van der Waals surface area (Å²) in [4.78, 5) is 1.86. The maximum absolute atomic E-state index is 10.9. The lowest BCUT2D eigenvalue weighted by molar-refractivity contribution is 0.411. The van der Waals surface area contributed by atoms with Gasteiger partial charge < -0.3 is 25.0 Å². The number of rotatable bonds is 5. The van der Waals surface area contributed by atoms with Crippen molar-refractivity contribution in [3.8, 4) is 28.7 Å². The van der Waals surface area contributed by atoms with Crippen molar-refractivity contribution in [2.75, 3.05) is 4.90 Å². The molecule has 5 heteroatoms. The Morgan fingerprint density at radius 1 is 0.559 bits per heavy atom. The van der Waals surface area contributed by atoms with Gasteiger partial charge in [0.2, 0.25) is 0 Å². The largest absolute Gasteiger partial charge is 0.506 e. The van der Waals surface area contributed by atoms with Crippen LogP contribution < -0.4 is 9.64 Å². The Morgan fingerprint density at radius 2 is 1.06 bits per heavy atom. The second-order valence-electron chi connectivity index (χ2n) is 8.80. The van der Waals surface area contributed by atoms with Gasteiger partial charge in [-0.3, -0.25) is 0 Å². The number of anilines is 3. The molecular weight excluding hydrogens is 426 g/mol. The van der Waals surface area contributed by atoms with E-state index in [1.54, 1.807) is 36.4 Å². The predicted molar refractivity (Wildman–Crippen MR) is 136 cm³/mol. The summed E-state index contributed by atoms with van der Waals surface area (Å²) in [7, 11) is 0. The molecule has 0 saturated heterocycles. The molecule has 0 saturated carbocycles. The van der Waals surface area contributed by atoms with Crippen LogP contribution in [0.1, 0.15) is 27.8 Å². The highest BCUT2D eigenvalue weighted by Gasteiger charge is 2.23. The van der Waals surface area contributed by atoms with Crippen LogP contribution in [0.4, 0.5) is 17.1 Å². The normalized spacial score (nSPS) is 10.9. The number of phenolic OH excluding ortho intramolecular Hbond substituents is 3. The van der Waals surface area contributed by atoms with Crippen LogP contribution in [0.3, 0.4) is 0 Å². The molecule has 0 radical (unpaired) electrons. The van der Waals surface area contributed by atoms with Crippen molar-refractivity contribution in [1.29, 1.82) is 0 Å². The summed E-state index contributed by atoms with van der Waals surface area (Å²) in [5.41, 5.74) is 6.52. The van der Waals surface area contributed by atoms with Crippen molar-refractivity contribution in [3.05, 3.63) is 94.5 Å². The molecule has 0 bridgehead atoms. The molecule has 0 unspecified atom stereocenters. The van der Waals surface area contributed by atoms with Gasteiger partial charge in [0.15, 0.2) is 11.5 Å². The smallest absolute Gasteiger partial charge is 0.169 e. The number of aryl methyl sites for hydroxylation is 5. The fourth-order valence-corrected chi connectivity index (χ4v) is 4.33. The van der Waals surface area contributed by atoms with E-state index in [1.165, 1.54) is 0 Å². The molecular formula is C29H29NO4. The minimum absolute atomic E-state index is 0.0751. The van der Waals surface area contributed by atoms with E-state index in [1.807, 2.05) is 69.9 Å². The molecule has 0 spiro atoms. The van der Waals surface area contributed by atoms with Crippen LogP contribution in [0.2, 0.25) is 0 Å². The lowest BCUT2D eigenvalue weighted by Gasteiger charge is -2.30. The molecule has 0 fully saturated rings. The number of ether oxygens (including phenoxy) is 1. The van der Waals surface area contributed by atoms with Crippen LogP contribution >= 0.6 is 0 Å². The Kier molecular flexibility index (Phi) is 6.12. The number of phenols is 3. The van der Waals surface area contributed by atoms with Gasteiger partial charge in [-0.1, -0.05) is 18.2 Å². The minimum Gasteiger partial charge on any atom is -0.506 e. The summed E-state index contributed by atoms with van der Waals surface area (Å²) in [5, 5.41) is 32.0. The van der Waals surface area contributed by atoms with Gasteiger partial charge in [0.25, 0.3) is 0 Å². The second kappa shape index (κ2) is 9.02.